The van der Waals surface area contributed by atoms with Crippen LogP contribution >= 0.6 is 27.5 Å². The third-order valence-electron chi connectivity index (χ3n) is 2.92. The molecule has 2 aromatic carbocycles. The number of halogens is 2. The molecule has 0 aliphatic carbocycles. The van der Waals surface area contributed by atoms with Gasteiger partial charge in [0.15, 0.2) is 0 Å². The van der Waals surface area contributed by atoms with E-state index in [-0.39, 0.29) is 0 Å². The zero-order chi connectivity index (χ0) is 13.8. The predicted molar refractivity (Wildman–Crippen MR) is 82.6 cm³/mol. The van der Waals surface area contributed by atoms with Crippen molar-refractivity contribution in [3.63, 3.8) is 0 Å². The number of rotatable bonds is 4. The van der Waals surface area contributed by atoms with Crippen molar-refractivity contribution in [2.24, 2.45) is 5.73 Å². The molecule has 0 heterocycles. The number of aryl methyl sites for hydroxylation is 1. The highest BCUT2D eigenvalue weighted by molar-refractivity contribution is 9.10. The van der Waals surface area contributed by atoms with Gasteiger partial charge in [0.25, 0.3) is 0 Å². The maximum absolute atomic E-state index is 6.09. The van der Waals surface area contributed by atoms with Gasteiger partial charge in [-0.2, -0.15) is 0 Å². The summed E-state index contributed by atoms with van der Waals surface area (Å²) < 4.78 is 6.71. The molecule has 0 aliphatic rings. The third kappa shape index (κ3) is 3.72. The summed E-state index contributed by atoms with van der Waals surface area (Å²) in [4.78, 5) is 0. The van der Waals surface area contributed by atoms with Gasteiger partial charge in [0.05, 0.1) is 5.02 Å². The molecular formula is C15H15BrClNO. The molecule has 0 atom stereocenters. The zero-order valence-corrected chi connectivity index (χ0v) is 13.0. The highest BCUT2D eigenvalue weighted by atomic mass is 79.9. The lowest BCUT2D eigenvalue weighted by molar-refractivity contribution is 0.305. The van der Waals surface area contributed by atoms with Crippen molar-refractivity contribution in [1.29, 1.82) is 0 Å². The van der Waals surface area contributed by atoms with Gasteiger partial charge >= 0.3 is 0 Å². The van der Waals surface area contributed by atoms with E-state index in [1.807, 2.05) is 30.3 Å². The molecule has 0 spiro atoms. The zero-order valence-electron chi connectivity index (χ0n) is 10.6. The van der Waals surface area contributed by atoms with Crippen molar-refractivity contribution in [3.05, 3.63) is 62.6 Å². The molecule has 0 fully saturated rings. The molecule has 0 saturated heterocycles. The first-order valence-corrected chi connectivity index (χ1v) is 7.13. The maximum Gasteiger partial charge on any atom is 0.139 e. The van der Waals surface area contributed by atoms with Crippen LogP contribution in [0.2, 0.25) is 5.02 Å². The van der Waals surface area contributed by atoms with Crippen LogP contribution in [0, 0.1) is 6.92 Å². The molecule has 0 bridgehead atoms. The lowest BCUT2D eigenvalue weighted by Gasteiger charge is -2.11. The second kappa shape index (κ2) is 6.42. The largest absolute Gasteiger partial charge is 0.487 e. The van der Waals surface area contributed by atoms with Crippen LogP contribution < -0.4 is 10.5 Å². The molecule has 2 N–H and O–H groups in total. The molecule has 0 saturated carbocycles. The van der Waals surface area contributed by atoms with Gasteiger partial charge in [0, 0.05) is 11.0 Å². The fourth-order valence-electron chi connectivity index (χ4n) is 1.79. The van der Waals surface area contributed by atoms with Crippen LogP contribution in [0.1, 0.15) is 16.7 Å². The molecule has 0 unspecified atom stereocenters. The Labute approximate surface area is 126 Å². The SMILES string of the molecule is Cc1cc(CN)ccc1COc1cc(Br)ccc1Cl. The first-order chi connectivity index (χ1) is 9.10. The van der Waals surface area contributed by atoms with E-state index < -0.39 is 0 Å². The fourth-order valence-corrected chi connectivity index (χ4v) is 2.30. The minimum Gasteiger partial charge on any atom is -0.487 e. The Morgan fingerprint density at radius 3 is 2.68 bits per heavy atom. The monoisotopic (exact) mass is 339 g/mol. The fraction of sp³-hybridized carbons (Fsp3) is 0.200. The van der Waals surface area contributed by atoms with Crippen molar-refractivity contribution >= 4 is 27.5 Å². The minimum absolute atomic E-state index is 0.493. The normalized spacial score (nSPS) is 10.5. The van der Waals surface area contributed by atoms with Gasteiger partial charge in [-0.3, -0.25) is 0 Å². The average Bonchev–Trinajstić information content (AvgIpc) is 2.40. The number of benzene rings is 2. The van der Waals surface area contributed by atoms with Crippen molar-refractivity contribution < 1.29 is 4.74 Å². The first-order valence-electron chi connectivity index (χ1n) is 5.96. The van der Waals surface area contributed by atoms with E-state index in [2.05, 4.69) is 28.9 Å². The van der Waals surface area contributed by atoms with Gasteiger partial charge in [-0.05, 0) is 41.8 Å². The molecule has 0 aliphatic heterocycles. The highest BCUT2D eigenvalue weighted by Crippen LogP contribution is 2.28. The number of nitrogens with two attached hydrogens (primary N) is 1. The minimum atomic E-state index is 0.493. The van der Waals surface area contributed by atoms with Crippen LogP contribution in [-0.4, -0.2) is 0 Å². The Morgan fingerprint density at radius 2 is 2.00 bits per heavy atom. The van der Waals surface area contributed by atoms with Gasteiger partial charge in [-0.1, -0.05) is 45.7 Å². The smallest absolute Gasteiger partial charge is 0.139 e. The summed E-state index contributed by atoms with van der Waals surface area (Å²) in [5, 5.41) is 0.611. The van der Waals surface area contributed by atoms with Gasteiger partial charge in [0.1, 0.15) is 12.4 Å². The third-order valence-corrected chi connectivity index (χ3v) is 3.72. The van der Waals surface area contributed by atoms with Gasteiger partial charge < -0.3 is 10.5 Å². The Kier molecular flexibility index (Phi) is 4.86. The van der Waals surface area contributed by atoms with E-state index in [9.17, 15) is 0 Å². The van der Waals surface area contributed by atoms with Gasteiger partial charge in [-0.15, -0.1) is 0 Å². The number of hydrogen-bond donors (Lipinski definition) is 1. The van der Waals surface area contributed by atoms with E-state index in [0.29, 0.717) is 23.9 Å². The van der Waals surface area contributed by atoms with E-state index in [0.717, 1.165) is 15.6 Å². The lowest BCUT2D eigenvalue weighted by atomic mass is 10.1. The van der Waals surface area contributed by atoms with Crippen molar-refractivity contribution in [3.8, 4) is 5.75 Å². The van der Waals surface area contributed by atoms with E-state index in [4.69, 9.17) is 22.1 Å². The molecule has 4 heteroatoms. The molecule has 0 radical (unpaired) electrons. The Balaban J connectivity index is 2.12. The van der Waals surface area contributed by atoms with Crippen molar-refractivity contribution in [2.45, 2.75) is 20.1 Å². The number of hydrogen-bond acceptors (Lipinski definition) is 2. The van der Waals surface area contributed by atoms with E-state index >= 15 is 0 Å². The second-order valence-electron chi connectivity index (χ2n) is 4.33. The summed E-state index contributed by atoms with van der Waals surface area (Å²) in [6.45, 7) is 3.10. The summed E-state index contributed by atoms with van der Waals surface area (Å²) in [6, 6.07) is 11.7. The van der Waals surface area contributed by atoms with Crippen LogP contribution in [0.3, 0.4) is 0 Å². The summed E-state index contributed by atoms with van der Waals surface area (Å²) in [7, 11) is 0. The van der Waals surface area contributed by atoms with Crippen LogP contribution in [0.4, 0.5) is 0 Å². The molecule has 100 valence electrons. The van der Waals surface area contributed by atoms with Crippen LogP contribution in [0.25, 0.3) is 0 Å². The van der Waals surface area contributed by atoms with Gasteiger partial charge in [-0.25, -0.2) is 0 Å². The lowest BCUT2D eigenvalue weighted by Crippen LogP contribution is -2.01. The van der Waals surface area contributed by atoms with Crippen LogP contribution in [0.15, 0.2) is 40.9 Å². The van der Waals surface area contributed by atoms with Crippen molar-refractivity contribution in [2.75, 3.05) is 0 Å². The van der Waals surface area contributed by atoms with Gasteiger partial charge in [0.2, 0.25) is 0 Å². The number of ether oxygens (including phenoxy) is 1. The van der Waals surface area contributed by atoms with E-state index in [1.165, 1.54) is 5.56 Å². The maximum atomic E-state index is 6.09. The highest BCUT2D eigenvalue weighted by Gasteiger charge is 2.05. The molecule has 0 aromatic heterocycles. The van der Waals surface area contributed by atoms with E-state index in [1.54, 1.807) is 0 Å². The molecule has 19 heavy (non-hydrogen) atoms. The van der Waals surface area contributed by atoms with Crippen molar-refractivity contribution in [1.82, 2.24) is 0 Å². The predicted octanol–water partition coefficient (Wildman–Crippen LogP) is 4.45. The quantitative estimate of drug-likeness (QED) is 0.892. The first kappa shape index (κ1) is 14.4. The molecular weight excluding hydrogens is 326 g/mol. The average molecular weight is 341 g/mol. The molecule has 0 amide bonds. The Hall–Kier alpha value is -1.03. The standard InChI is InChI=1S/C15H15BrClNO/c1-10-6-11(8-18)2-3-12(10)9-19-15-7-13(16)4-5-14(15)17/h2-7H,8-9,18H2,1H3. The van der Waals surface area contributed by atoms with Crippen LogP contribution in [-0.2, 0) is 13.2 Å². The molecule has 2 aromatic rings. The summed E-state index contributed by atoms with van der Waals surface area (Å²) in [5.74, 6) is 0.679. The molecule has 2 rings (SSSR count). The topological polar surface area (TPSA) is 35.2 Å². The summed E-state index contributed by atoms with van der Waals surface area (Å²) in [6.07, 6.45) is 0. The second-order valence-corrected chi connectivity index (χ2v) is 5.65. The Bertz CT molecular complexity index is 586. The summed E-state index contributed by atoms with van der Waals surface area (Å²) >= 11 is 9.49. The summed E-state index contributed by atoms with van der Waals surface area (Å²) in [5.41, 5.74) is 9.05. The van der Waals surface area contributed by atoms with Crippen LogP contribution in [0.5, 0.6) is 5.75 Å². The molecule has 2 nitrogen and oxygen atoms in total. The Morgan fingerprint density at radius 1 is 1.21 bits per heavy atom.